The van der Waals surface area contributed by atoms with Gasteiger partial charge in [-0.25, -0.2) is 13.9 Å². The smallest absolute Gasteiger partial charge is 0.338 e. The number of aliphatic hydroxyl groups is 1. The van der Waals surface area contributed by atoms with Gasteiger partial charge in [0.1, 0.15) is 0 Å². The fraction of sp³-hybridized carbons (Fsp3) is 0.375. The van der Waals surface area contributed by atoms with E-state index in [-0.39, 0.29) is 23.4 Å². The number of aliphatic carboxylic acids is 1. The average Bonchev–Trinajstić information content (AvgIpc) is 3.03. The number of morpholine rings is 1. The van der Waals surface area contributed by atoms with Crippen molar-refractivity contribution < 1.29 is 37.7 Å². The Morgan fingerprint density at radius 3 is 2.66 bits per heavy atom. The Morgan fingerprint density at radius 1 is 1.34 bits per heavy atom. The van der Waals surface area contributed by atoms with E-state index in [1.807, 2.05) is 0 Å². The van der Waals surface area contributed by atoms with E-state index in [0.29, 0.717) is 0 Å². The van der Waals surface area contributed by atoms with E-state index in [9.17, 15) is 32.7 Å². The minimum atomic E-state index is -3.12. The van der Waals surface area contributed by atoms with Crippen molar-refractivity contribution >= 4 is 17.7 Å². The summed E-state index contributed by atoms with van der Waals surface area (Å²) in [7, 11) is 0. The van der Waals surface area contributed by atoms with E-state index in [0.717, 1.165) is 41.0 Å². The van der Waals surface area contributed by atoms with E-state index in [1.54, 1.807) is 0 Å². The number of anilines is 1. The standard InChI is InChI=1S/C16H15F3N4O6/c1-16(28,14(26)27)11-13(25)21(4-5-29-11)12-9(17)7-23(20-12)8-2-3-10(24)22(6-8)15(18)19/h2-3,6-7,11,15,28H,4-5H2,1H3,(H,26,27)/t11-,16?/m0/s1. The van der Waals surface area contributed by atoms with E-state index < -0.39 is 47.3 Å². The summed E-state index contributed by atoms with van der Waals surface area (Å²) in [4.78, 5) is 36.0. The second kappa shape index (κ2) is 7.33. The molecular formula is C16H15F3N4O6. The van der Waals surface area contributed by atoms with Crippen LogP contribution in [0.5, 0.6) is 0 Å². The maximum Gasteiger partial charge on any atom is 0.338 e. The van der Waals surface area contributed by atoms with Gasteiger partial charge in [-0.2, -0.15) is 8.78 Å². The first-order valence-electron chi connectivity index (χ1n) is 8.18. The van der Waals surface area contributed by atoms with E-state index >= 15 is 0 Å². The van der Waals surface area contributed by atoms with Crippen LogP contribution in [-0.4, -0.2) is 61.3 Å². The first kappa shape index (κ1) is 20.5. The summed E-state index contributed by atoms with van der Waals surface area (Å²) >= 11 is 0. The van der Waals surface area contributed by atoms with Gasteiger partial charge in [-0.15, -0.1) is 5.10 Å². The number of hydrogen-bond donors (Lipinski definition) is 2. The molecule has 0 bridgehead atoms. The van der Waals surface area contributed by atoms with Crippen molar-refractivity contribution in [1.82, 2.24) is 14.3 Å². The summed E-state index contributed by atoms with van der Waals surface area (Å²) in [5.41, 5.74) is -3.62. The number of rotatable bonds is 5. The number of carboxylic acid groups (broad SMARTS) is 1. The van der Waals surface area contributed by atoms with Crippen molar-refractivity contribution in [3.05, 3.63) is 40.7 Å². The summed E-state index contributed by atoms with van der Waals surface area (Å²) in [5.74, 6) is -4.27. The van der Waals surface area contributed by atoms with Crippen LogP contribution in [0.3, 0.4) is 0 Å². The number of nitrogens with zero attached hydrogens (tertiary/aromatic N) is 4. The SMILES string of the molecule is CC(O)(C(=O)O)[C@H]1OCCN(c2nn(-c3ccc(=O)n(C(F)F)c3)cc2F)C1=O. The summed E-state index contributed by atoms with van der Waals surface area (Å²) in [6, 6.07) is 1.98. The number of carboxylic acids is 1. The molecule has 2 N–H and O–H groups in total. The van der Waals surface area contributed by atoms with Crippen molar-refractivity contribution in [3.63, 3.8) is 0 Å². The van der Waals surface area contributed by atoms with Crippen LogP contribution in [0.25, 0.3) is 5.69 Å². The number of pyridine rings is 1. The third-order valence-electron chi connectivity index (χ3n) is 4.34. The average molecular weight is 416 g/mol. The Hall–Kier alpha value is -3.19. The van der Waals surface area contributed by atoms with Gasteiger partial charge in [-0.1, -0.05) is 0 Å². The van der Waals surface area contributed by atoms with Crippen molar-refractivity contribution in [2.45, 2.75) is 25.2 Å². The molecule has 1 saturated heterocycles. The molecular weight excluding hydrogens is 401 g/mol. The number of ether oxygens (including phenoxy) is 1. The van der Waals surface area contributed by atoms with Crippen molar-refractivity contribution in [1.29, 1.82) is 0 Å². The van der Waals surface area contributed by atoms with Gasteiger partial charge >= 0.3 is 12.5 Å². The molecule has 1 fully saturated rings. The summed E-state index contributed by atoms with van der Waals surface area (Å²) in [6.45, 7) is -2.65. The highest BCUT2D eigenvalue weighted by Gasteiger charge is 2.49. The maximum absolute atomic E-state index is 14.5. The van der Waals surface area contributed by atoms with E-state index in [4.69, 9.17) is 9.84 Å². The molecule has 1 aliphatic rings. The van der Waals surface area contributed by atoms with E-state index in [2.05, 4.69) is 5.10 Å². The maximum atomic E-state index is 14.5. The Balaban J connectivity index is 1.97. The largest absolute Gasteiger partial charge is 0.479 e. The van der Waals surface area contributed by atoms with Gasteiger partial charge in [0.05, 0.1) is 25.0 Å². The predicted octanol–water partition coefficient (Wildman–Crippen LogP) is 0.136. The third-order valence-corrected chi connectivity index (χ3v) is 4.34. The third kappa shape index (κ3) is 3.61. The molecule has 0 saturated carbocycles. The monoisotopic (exact) mass is 416 g/mol. The van der Waals surface area contributed by atoms with Crippen molar-refractivity contribution in [2.24, 2.45) is 0 Å². The number of carbonyl (C=O) groups is 2. The molecule has 0 radical (unpaired) electrons. The number of aromatic nitrogens is 3. The van der Waals surface area contributed by atoms with Crippen LogP contribution in [-0.2, 0) is 14.3 Å². The molecule has 2 aromatic rings. The summed E-state index contributed by atoms with van der Waals surface area (Å²) in [5, 5.41) is 23.0. The first-order chi connectivity index (χ1) is 13.5. The molecule has 0 aliphatic carbocycles. The topological polar surface area (TPSA) is 127 Å². The Bertz CT molecular complexity index is 1020. The quantitative estimate of drug-likeness (QED) is 0.710. The molecule has 156 valence electrons. The first-order valence-corrected chi connectivity index (χ1v) is 8.18. The Labute approximate surface area is 160 Å². The van der Waals surface area contributed by atoms with Gasteiger partial charge in [0.15, 0.2) is 23.3 Å². The van der Waals surface area contributed by atoms with Crippen LogP contribution in [0.15, 0.2) is 29.3 Å². The van der Waals surface area contributed by atoms with E-state index in [1.165, 1.54) is 0 Å². The molecule has 0 aromatic carbocycles. The van der Waals surface area contributed by atoms with Crippen molar-refractivity contribution in [3.8, 4) is 5.69 Å². The highest BCUT2D eigenvalue weighted by atomic mass is 19.3. The molecule has 0 spiro atoms. The van der Waals surface area contributed by atoms with Gasteiger partial charge in [0.2, 0.25) is 0 Å². The zero-order valence-corrected chi connectivity index (χ0v) is 14.8. The lowest BCUT2D eigenvalue weighted by Crippen LogP contribution is -2.60. The Morgan fingerprint density at radius 2 is 2.03 bits per heavy atom. The predicted molar refractivity (Wildman–Crippen MR) is 89.4 cm³/mol. The van der Waals surface area contributed by atoms with Crippen LogP contribution in [0.4, 0.5) is 19.0 Å². The lowest BCUT2D eigenvalue weighted by molar-refractivity contribution is -0.180. The molecule has 3 heterocycles. The number of carbonyl (C=O) groups excluding carboxylic acids is 1. The number of amides is 1. The molecule has 1 unspecified atom stereocenters. The molecule has 2 aromatic heterocycles. The minimum Gasteiger partial charge on any atom is -0.479 e. The van der Waals surface area contributed by atoms with Gasteiger partial charge in [-0.05, 0) is 13.0 Å². The van der Waals surface area contributed by atoms with Crippen LogP contribution in [0.1, 0.15) is 13.5 Å². The van der Waals surface area contributed by atoms with Crippen LogP contribution >= 0.6 is 0 Å². The number of halogens is 3. The van der Waals surface area contributed by atoms with Crippen molar-refractivity contribution in [2.75, 3.05) is 18.1 Å². The molecule has 29 heavy (non-hydrogen) atoms. The molecule has 1 aliphatic heterocycles. The fourth-order valence-electron chi connectivity index (χ4n) is 2.75. The van der Waals surface area contributed by atoms with Gasteiger partial charge in [0, 0.05) is 12.3 Å². The molecule has 13 heteroatoms. The lowest BCUT2D eigenvalue weighted by Gasteiger charge is -2.36. The normalized spacial score (nSPS) is 19.4. The molecule has 2 atom stereocenters. The zero-order chi connectivity index (χ0) is 21.5. The molecule has 3 rings (SSSR count). The fourth-order valence-corrected chi connectivity index (χ4v) is 2.75. The molecule has 1 amide bonds. The second-order valence-corrected chi connectivity index (χ2v) is 6.35. The summed E-state index contributed by atoms with van der Waals surface area (Å²) < 4.78 is 46.3. The van der Waals surface area contributed by atoms with Crippen LogP contribution < -0.4 is 10.5 Å². The van der Waals surface area contributed by atoms with Crippen LogP contribution in [0.2, 0.25) is 0 Å². The highest BCUT2D eigenvalue weighted by molar-refractivity contribution is 6.00. The lowest BCUT2D eigenvalue weighted by atomic mass is 9.97. The van der Waals surface area contributed by atoms with Gasteiger partial charge in [-0.3, -0.25) is 19.1 Å². The Kier molecular flexibility index (Phi) is 5.19. The van der Waals surface area contributed by atoms with Gasteiger partial charge in [0.25, 0.3) is 11.5 Å². The summed E-state index contributed by atoms with van der Waals surface area (Å²) in [6.07, 6.45) is -0.237. The highest BCUT2D eigenvalue weighted by Crippen LogP contribution is 2.26. The number of alkyl halides is 2. The van der Waals surface area contributed by atoms with Gasteiger partial charge < -0.3 is 14.9 Å². The van der Waals surface area contributed by atoms with Crippen LogP contribution in [0, 0.1) is 5.82 Å². The molecule has 10 nitrogen and oxygen atoms in total. The second-order valence-electron chi connectivity index (χ2n) is 6.35. The number of hydrogen-bond acceptors (Lipinski definition) is 6. The minimum absolute atomic E-state index is 0.0789. The zero-order valence-electron chi connectivity index (χ0n) is 14.8.